The lowest BCUT2D eigenvalue weighted by Crippen LogP contribution is -2.51. The second-order valence-electron chi connectivity index (χ2n) is 5.48. The van der Waals surface area contributed by atoms with Gasteiger partial charge in [0.15, 0.2) is 0 Å². The third-order valence-electron chi connectivity index (χ3n) is 4.05. The molecule has 2 N–H and O–H groups in total. The third kappa shape index (κ3) is 2.50. The first-order chi connectivity index (χ1) is 9.88. The number of hydrogen-bond donors (Lipinski definition) is 2. The highest BCUT2D eigenvalue weighted by Crippen LogP contribution is 2.21. The topological polar surface area (TPSA) is 89.3 Å². The number of sulfonamides is 1. The molecule has 1 unspecified atom stereocenters. The van der Waals surface area contributed by atoms with E-state index in [0.717, 1.165) is 0 Å². The Morgan fingerprint density at radius 1 is 1.19 bits per heavy atom. The molecule has 8 heteroatoms. The summed E-state index contributed by atoms with van der Waals surface area (Å²) in [7, 11) is -1.54. The minimum atomic E-state index is -3.53. The van der Waals surface area contributed by atoms with E-state index >= 15 is 0 Å². The molecule has 0 bridgehead atoms. The molecule has 1 aromatic heterocycles. The molecule has 1 fully saturated rings. The van der Waals surface area contributed by atoms with Crippen molar-refractivity contribution in [2.75, 3.05) is 26.7 Å². The number of fused-ring (bicyclic) bond motifs is 1. The smallest absolute Gasteiger partial charge is 0.306 e. The molecule has 3 rings (SSSR count). The van der Waals surface area contributed by atoms with Gasteiger partial charge in [-0.15, -0.1) is 0 Å². The number of piperazine rings is 1. The van der Waals surface area contributed by atoms with E-state index in [9.17, 15) is 13.2 Å². The van der Waals surface area contributed by atoms with Gasteiger partial charge in [-0.05, 0) is 32.2 Å². The van der Waals surface area contributed by atoms with Gasteiger partial charge in [0.25, 0.3) is 0 Å². The number of hydrogen-bond acceptors (Lipinski definition) is 4. The molecule has 114 valence electrons. The maximum Gasteiger partial charge on any atom is 0.323 e. The van der Waals surface area contributed by atoms with Crippen molar-refractivity contribution in [1.82, 2.24) is 19.2 Å². The van der Waals surface area contributed by atoms with E-state index in [2.05, 4.69) is 14.9 Å². The fraction of sp³-hybridized carbons (Fsp3) is 0.462. The van der Waals surface area contributed by atoms with Gasteiger partial charge in [-0.1, -0.05) is 0 Å². The van der Waals surface area contributed by atoms with Gasteiger partial charge in [-0.25, -0.2) is 13.2 Å². The van der Waals surface area contributed by atoms with E-state index in [1.807, 2.05) is 14.0 Å². The van der Waals surface area contributed by atoms with Crippen molar-refractivity contribution in [3.05, 3.63) is 28.7 Å². The summed E-state index contributed by atoms with van der Waals surface area (Å²) in [6.07, 6.45) is 0. The zero-order valence-electron chi connectivity index (χ0n) is 12.0. The van der Waals surface area contributed by atoms with Crippen molar-refractivity contribution in [3.63, 3.8) is 0 Å². The number of benzene rings is 1. The maximum atomic E-state index is 12.7. The van der Waals surface area contributed by atoms with Crippen molar-refractivity contribution in [3.8, 4) is 0 Å². The molecule has 2 aromatic rings. The van der Waals surface area contributed by atoms with Crippen LogP contribution in [0, 0.1) is 0 Å². The van der Waals surface area contributed by atoms with Gasteiger partial charge in [0, 0.05) is 25.7 Å². The Balaban J connectivity index is 1.97. The van der Waals surface area contributed by atoms with Crippen LogP contribution in [0.1, 0.15) is 6.92 Å². The monoisotopic (exact) mass is 310 g/mol. The number of imidazole rings is 1. The molecule has 1 aliphatic heterocycles. The van der Waals surface area contributed by atoms with Gasteiger partial charge >= 0.3 is 5.69 Å². The summed E-state index contributed by atoms with van der Waals surface area (Å²) in [6.45, 7) is 3.67. The fourth-order valence-corrected chi connectivity index (χ4v) is 4.09. The zero-order chi connectivity index (χ0) is 15.2. The minimum Gasteiger partial charge on any atom is -0.306 e. The average Bonchev–Trinajstić information content (AvgIpc) is 2.80. The molecule has 1 aromatic carbocycles. The molecule has 0 amide bonds. The first-order valence-corrected chi connectivity index (χ1v) is 8.24. The minimum absolute atomic E-state index is 0.185. The van der Waals surface area contributed by atoms with Crippen molar-refractivity contribution >= 4 is 21.1 Å². The number of H-pyrrole nitrogens is 2. The summed E-state index contributed by atoms with van der Waals surface area (Å²) in [5.74, 6) is 0. The van der Waals surface area contributed by atoms with E-state index in [4.69, 9.17) is 0 Å². The normalized spacial score (nSPS) is 21.9. The second-order valence-corrected chi connectivity index (χ2v) is 7.42. The van der Waals surface area contributed by atoms with Crippen molar-refractivity contribution in [2.45, 2.75) is 17.9 Å². The van der Waals surface area contributed by atoms with Crippen LogP contribution >= 0.6 is 0 Å². The number of nitrogens with one attached hydrogen (secondary N) is 2. The van der Waals surface area contributed by atoms with E-state index in [0.29, 0.717) is 30.7 Å². The lowest BCUT2D eigenvalue weighted by Gasteiger charge is -2.36. The molecule has 1 aliphatic rings. The molecule has 0 saturated carbocycles. The molecule has 1 saturated heterocycles. The van der Waals surface area contributed by atoms with Crippen LogP contribution in [0.5, 0.6) is 0 Å². The molecule has 0 aliphatic carbocycles. The van der Waals surface area contributed by atoms with E-state index < -0.39 is 10.0 Å². The number of nitrogens with zero attached hydrogens (tertiary/aromatic N) is 2. The van der Waals surface area contributed by atoms with Gasteiger partial charge in [0.1, 0.15) is 0 Å². The second kappa shape index (κ2) is 4.97. The standard InChI is InChI=1S/C13H18N4O3S/c1-9-8-17(6-5-16(9)2)21(19,20)10-3-4-11-12(7-10)15-13(18)14-11/h3-4,7,9H,5-6,8H2,1-2H3,(H2,14,15,18). The molecule has 0 radical (unpaired) electrons. The van der Waals surface area contributed by atoms with Crippen LogP contribution in [0.4, 0.5) is 0 Å². The van der Waals surface area contributed by atoms with Crippen LogP contribution in [-0.2, 0) is 10.0 Å². The summed E-state index contributed by atoms with van der Waals surface area (Å²) in [5, 5.41) is 0. The molecule has 2 heterocycles. The van der Waals surface area contributed by atoms with Crippen LogP contribution in [-0.4, -0.2) is 60.3 Å². The lowest BCUT2D eigenvalue weighted by molar-refractivity contribution is 0.159. The largest absolute Gasteiger partial charge is 0.323 e. The highest BCUT2D eigenvalue weighted by Gasteiger charge is 2.30. The summed E-state index contributed by atoms with van der Waals surface area (Å²) in [5.41, 5.74) is 0.765. The summed E-state index contributed by atoms with van der Waals surface area (Å²) < 4.78 is 26.9. The molecule has 7 nitrogen and oxygen atoms in total. The molecule has 21 heavy (non-hydrogen) atoms. The van der Waals surface area contributed by atoms with Gasteiger partial charge in [-0.3, -0.25) is 0 Å². The Hall–Kier alpha value is -1.64. The SMILES string of the molecule is CC1CN(S(=O)(=O)c2ccc3[nH]c(=O)[nH]c3c2)CCN1C. The van der Waals surface area contributed by atoms with Crippen LogP contribution in [0.3, 0.4) is 0 Å². The first-order valence-electron chi connectivity index (χ1n) is 6.80. The zero-order valence-corrected chi connectivity index (χ0v) is 12.8. The Kier molecular flexibility index (Phi) is 3.39. The number of likely N-dealkylation sites (N-methyl/N-ethyl adjacent to an activating group) is 1. The first kappa shape index (κ1) is 14.3. The summed E-state index contributed by atoms with van der Waals surface area (Å²) >= 11 is 0. The van der Waals surface area contributed by atoms with Crippen molar-refractivity contribution in [1.29, 1.82) is 0 Å². The Bertz CT molecular complexity index is 823. The van der Waals surface area contributed by atoms with Crippen LogP contribution in [0.25, 0.3) is 11.0 Å². The summed E-state index contributed by atoms with van der Waals surface area (Å²) in [4.78, 5) is 18.8. The predicted molar refractivity (Wildman–Crippen MR) is 79.8 cm³/mol. The number of aromatic amines is 2. The van der Waals surface area contributed by atoms with Crippen LogP contribution in [0.15, 0.2) is 27.9 Å². The molecule has 1 atom stereocenters. The van der Waals surface area contributed by atoms with Crippen molar-refractivity contribution < 1.29 is 8.42 Å². The van der Waals surface area contributed by atoms with Gasteiger partial charge < -0.3 is 14.9 Å². The quantitative estimate of drug-likeness (QED) is 0.828. The van der Waals surface area contributed by atoms with Crippen LogP contribution in [0.2, 0.25) is 0 Å². The van der Waals surface area contributed by atoms with Gasteiger partial charge in [0.2, 0.25) is 10.0 Å². The number of aromatic nitrogens is 2. The van der Waals surface area contributed by atoms with Gasteiger partial charge in [-0.2, -0.15) is 4.31 Å². The van der Waals surface area contributed by atoms with Crippen LogP contribution < -0.4 is 5.69 Å². The molecule has 0 spiro atoms. The molecular formula is C13H18N4O3S. The van der Waals surface area contributed by atoms with E-state index in [1.54, 1.807) is 6.07 Å². The van der Waals surface area contributed by atoms with E-state index in [1.165, 1.54) is 16.4 Å². The molecular weight excluding hydrogens is 292 g/mol. The fourth-order valence-electron chi connectivity index (χ4n) is 2.55. The lowest BCUT2D eigenvalue weighted by atomic mass is 10.2. The third-order valence-corrected chi connectivity index (χ3v) is 5.91. The average molecular weight is 310 g/mol. The Morgan fingerprint density at radius 3 is 2.62 bits per heavy atom. The summed E-state index contributed by atoms with van der Waals surface area (Å²) in [6, 6.07) is 4.83. The van der Waals surface area contributed by atoms with Gasteiger partial charge in [0.05, 0.1) is 15.9 Å². The van der Waals surface area contributed by atoms with E-state index in [-0.39, 0.29) is 16.6 Å². The predicted octanol–water partition coefficient (Wildman–Crippen LogP) is 0.181. The number of rotatable bonds is 2. The highest BCUT2D eigenvalue weighted by atomic mass is 32.2. The Labute approximate surface area is 122 Å². The maximum absolute atomic E-state index is 12.7. The highest BCUT2D eigenvalue weighted by molar-refractivity contribution is 7.89. The Morgan fingerprint density at radius 2 is 1.90 bits per heavy atom. The van der Waals surface area contributed by atoms with Crippen molar-refractivity contribution in [2.24, 2.45) is 0 Å².